The van der Waals surface area contributed by atoms with Crippen LogP contribution in [-0.2, 0) is 14.8 Å². The molecule has 1 amide bonds. The molecule has 0 bridgehead atoms. The molecule has 0 spiro atoms. The van der Waals surface area contributed by atoms with E-state index < -0.39 is 16.0 Å². The van der Waals surface area contributed by atoms with Crippen LogP contribution in [0.3, 0.4) is 0 Å². The average molecular weight is 390 g/mol. The summed E-state index contributed by atoms with van der Waals surface area (Å²) in [5.74, 6) is -0.925. The minimum atomic E-state index is -3.68. The van der Waals surface area contributed by atoms with Crippen LogP contribution in [0.4, 0.5) is 5.69 Å². The Morgan fingerprint density at radius 2 is 1.63 bits per heavy atom. The molecule has 0 aliphatic carbocycles. The summed E-state index contributed by atoms with van der Waals surface area (Å²) in [7, 11) is -2.45. The summed E-state index contributed by atoms with van der Waals surface area (Å²) in [6, 6.07) is 13.4. The Morgan fingerprint density at radius 3 is 2.22 bits per heavy atom. The number of rotatable bonds is 7. The molecular weight excluding hydrogens is 368 g/mol. The molecule has 8 heteroatoms. The first-order chi connectivity index (χ1) is 12.8. The van der Waals surface area contributed by atoms with E-state index in [-0.39, 0.29) is 30.2 Å². The number of esters is 1. The van der Waals surface area contributed by atoms with Crippen molar-refractivity contribution < 1.29 is 22.7 Å². The van der Waals surface area contributed by atoms with Crippen LogP contribution in [0.15, 0.2) is 48.5 Å². The molecule has 0 atom stereocenters. The van der Waals surface area contributed by atoms with Gasteiger partial charge in [-0.3, -0.25) is 9.10 Å². The van der Waals surface area contributed by atoms with Crippen LogP contribution in [0.5, 0.6) is 0 Å². The summed E-state index contributed by atoms with van der Waals surface area (Å²) in [4.78, 5) is 24.3. The molecule has 0 aromatic heterocycles. The van der Waals surface area contributed by atoms with Crippen LogP contribution in [0.1, 0.15) is 26.3 Å². The molecule has 0 radical (unpaired) electrons. The maximum atomic E-state index is 12.3. The zero-order valence-electron chi connectivity index (χ0n) is 15.4. The molecular formula is C19H22N2O5S. The number of sulfonamides is 1. The number of nitrogens with one attached hydrogen (secondary N) is 1. The van der Waals surface area contributed by atoms with Crippen molar-refractivity contribution >= 4 is 27.6 Å². The molecule has 1 N–H and O–H groups in total. The molecule has 0 saturated heterocycles. The number of carbonyl (C=O) groups excluding carboxylic acids is 2. The van der Waals surface area contributed by atoms with Crippen molar-refractivity contribution in [3.8, 4) is 0 Å². The van der Waals surface area contributed by atoms with Gasteiger partial charge in [0, 0.05) is 12.1 Å². The van der Waals surface area contributed by atoms with Gasteiger partial charge in [-0.15, -0.1) is 0 Å². The highest BCUT2D eigenvalue weighted by molar-refractivity contribution is 7.92. The van der Waals surface area contributed by atoms with Crippen LogP contribution in [0.2, 0.25) is 0 Å². The van der Waals surface area contributed by atoms with Gasteiger partial charge in [0.15, 0.2) is 0 Å². The van der Waals surface area contributed by atoms with Gasteiger partial charge in [0.25, 0.3) is 5.91 Å². The molecule has 0 aliphatic heterocycles. The highest BCUT2D eigenvalue weighted by atomic mass is 32.2. The van der Waals surface area contributed by atoms with Gasteiger partial charge < -0.3 is 10.1 Å². The predicted octanol–water partition coefficient (Wildman–Crippen LogP) is 1.98. The SMILES string of the molecule is COC(=O)c1ccccc1N(CCNC(=O)c1ccccc1C)S(C)(=O)=O. The number of nitrogens with zero attached hydrogens (tertiary/aromatic N) is 1. The van der Waals surface area contributed by atoms with Crippen LogP contribution >= 0.6 is 0 Å². The smallest absolute Gasteiger partial charge is 0.340 e. The van der Waals surface area contributed by atoms with E-state index in [0.29, 0.717) is 5.56 Å². The number of aryl methyl sites for hydroxylation is 1. The van der Waals surface area contributed by atoms with Crippen molar-refractivity contribution in [3.63, 3.8) is 0 Å². The average Bonchev–Trinajstić information content (AvgIpc) is 2.64. The number of ether oxygens (including phenoxy) is 1. The van der Waals surface area contributed by atoms with Crippen molar-refractivity contribution in [2.75, 3.05) is 30.8 Å². The quantitative estimate of drug-likeness (QED) is 0.730. The van der Waals surface area contributed by atoms with Gasteiger partial charge in [0.2, 0.25) is 10.0 Å². The van der Waals surface area contributed by atoms with Crippen LogP contribution in [0, 0.1) is 6.92 Å². The molecule has 2 rings (SSSR count). The van der Waals surface area contributed by atoms with Crippen molar-refractivity contribution in [1.82, 2.24) is 5.32 Å². The van der Waals surface area contributed by atoms with Crippen LogP contribution < -0.4 is 9.62 Å². The first-order valence-electron chi connectivity index (χ1n) is 8.24. The lowest BCUT2D eigenvalue weighted by Crippen LogP contribution is -2.39. The fourth-order valence-corrected chi connectivity index (χ4v) is 3.57. The molecule has 2 aromatic rings. The second kappa shape index (κ2) is 8.68. The summed E-state index contributed by atoms with van der Waals surface area (Å²) >= 11 is 0. The Kier molecular flexibility index (Phi) is 6.57. The third-order valence-corrected chi connectivity index (χ3v) is 5.15. The third kappa shape index (κ3) is 5.07. The summed E-state index contributed by atoms with van der Waals surface area (Å²) in [5, 5.41) is 2.71. The van der Waals surface area contributed by atoms with E-state index in [9.17, 15) is 18.0 Å². The number of hydrogen-bond acceptors (Lipinski definition) is 5. The van der Waals surface area contributed by atoms with Crippen molar-refractivity contribution in [3.05, 3.63) is 65.2 Å². The van der Waals surface area contributed by atoms with Crippen LogP contribution in [-0.4, -0.2) is 46.7 Å². The van der Waals surface area contributed by atoms with Crippen molar-refractivity contribution in [2.24, 2.45) is 0 Å². The Balaban J connectivity index is 2.19. The molecule has 0 heterocycles. The van der Waals surface area contributed by atoms with E-state index in [4.69, 9.17) is 4.74 Å². The minimum absolute atomic E-state index is 0.0234. The number of hydrogen-bond donors (Lipinski definition) is 1. The fourth-order valence-electron chi connectivity index (χ4n) is 2.63. The third-order valence-electron chi connectivity index (χ3n) is 3.97. The monoisotopic (exact) mass is 390 g/mol. The maximum Gasteiger partial charge on any atom is 0.340 e. The van der Waals surface area contributed by atoms with E-state index in [1.165, 1.54) is 19.2 Å². The lowest BCUT2D eigenvalue weighted by molar-refractivity contribution is 0.0601. The second-order valence-electron chi connectivity index (χ2n) is 5.91. The highest BCUT2D eigenvalue weighted by Crippen LogP contribution is 2.23. The molecule has 0 fully saturated rings. The Morgan fingerprint density at radius 1 is 1.04 bits per heavy atom. The van der Waals surface area contributed by atoms with Crippen molar-refractivity contribution in [2.45, 2.75) is 6.92 Å². The van der Waals surface area contributed by atoms with E-state index in [2.05, 4.69) is 5.32 Å². The molecule has 144 valence electrons. The summed E-state index contributed by atoms with van der Waals surface area (Å²) in [5.41, 5.74) is 1.69. The van der Waals surface area contributed by atoms with Gasteiger partial charge in [0.05, 0.1) is 31.2 Å². The van der Waals surface area contributed by atoms with Crippen molar-refractivity contribution in [1.29, 1.82) is 0 Å². The normalized spacial score (nSPS) is 10.9. The number of methoxy groups -OCH3 is 1. The predicted molar refractivity (Wildman–Crippen MR) is 103 cm³/mol. The van der Waals surface area contributed by atoms with E-state index in [0.717, 1.165) is 16.1 Å². The first kappa shape index (κ1) is 20.4. The molecule has 7 nitrogen and oxygen atoms in total. The number of amides is 1. The van der Waals surface area contributed by atoms with E-state index >= 15 is 0 Å². The van der Waals surface area contributed by atoms with Crippen LogP contribution in [0.25, 0.3) is 0 Å². The van der Waals surface area contributed by atoms with Gasteiger partial charge in [-0.1, -0.05) is 30.3 Å². The van der Waals surface area contributed by atoms with Gasteiger partial charge >= 0.3 is 5.97 Å². The lowest BCUT2D eigenvalue weighted by Gasteiger charge is -2.24. The standard InChI is InChI=1S/C19H22N2O5S/c1-14-8-4-5-9-15(14)18(22)20-12-13-21(27(3,24)25)17-11-7-6-10-16(17)19(23)26-2/h4-11H,12-13H2,1-3H3,(H,20,22). The zero-order valence-corrected chi connectivity index (χ0v) is 16.2. The molecule has 27 heavy (non-hydrogen) atoms. The second-order valence-corrected chi connectivity index (χ2v) is 7.82. The number of para-hydroxylation sites is 1. The zero-order chi connectivity index (χ0) is 20.0. The lowest BCUT2D eigenvalue weighted by atomic mass is 10.1. The fraction of sp³-hybridized carbons (Fsp3) is 0.263. The molecule has 2 aromatic carbocycles. The maximum absolute atomic E-state index is 12.3. The van der Waals surface area contributed by atoms with Gasteiger partial charge in [-0.25, -0.2) is 13.2 Å². The largest absolute Gasteiger partial charge is 0.465 e. The summed E-state index contributed by atoms with van der Waals surface area (Å²) < 4.78 is 30.3. The number of benzene rings is 2. The summed E-state index contributed by atoms with van der Waals surface area (Å²) in [6.45, 7) is 1.88. The Labute approximate surface area is 159 Å². The summed E-state index contributed by atoms with van der Waals surface area (Å²) in [6.07, 6.45) is 1.05. The molecule has 0 unspecified atom stereocenters. The van der Waals surface area contributed by atoms with Gasteiger partial charge in [-0.05, 0) is 30.7 Å². The van der Waals surface area contributed by atoms with E-state index in [1.54, 1.807) is 24.3 Å². The Bertz CT molecular complexity index is 941. The topological polar surface area (TPSA) is 92.8 Å². The molecule has 0 saturated carbocycles. The number of anilines is 1. The highest BCUT2D eigenvalue weighted by Gasteiger charge is 2.23. The first-order valence-corrected chi connectivity index (χ1v) is 10.1. The van der Waals surface area contributed by atoms with E-state index in [1.807, 2.05) is 19.1 Å². The van der Waals surface area contributed by atoms with Gasteiger partial charge in [-0.2, -0.15) is 0 Å². The molecule has 0 aliphatic rings. The van der Waals surface area contributed by atoms with Gasteiger partial charge in [0.1, 0.15) is 0 Å². The minimum Gasteiger partial charge on any atom is -0.465 e. The Hall–Kier alpha value is -2.87. The number of carbonyl (C=O) groups is 2.